The molecule has 0 bridgehead atoms. The first-order valence-electron chi connectivity index (χ1n) is 5.34. The molecule has 0 aliphatic carbocycles. The summed E-state index contributed by atoms with van der Waals surface area (Å²) in [6.45, 7) is 2.39. The van der Waals surface area contributed by atoms with Crippen molar-refractivity contribution in [2.75, 3.05) is 13.7 Å². The maximum atomic E-state index is 10.9. The summed E-state index contributed by atoms with van der Waals surface area (Å²) in [5.74, 6) is 0.382. The lowest BCUT2D eigenvalue weighted by Crippen LogP contribution is -2.12. The van der Waals surface area contributed by atoms with Gasteiger partial charge in [-0.3, -0.25) is 4.79 Å². The summed E-state index contributed by atoms with van der Waals surface area (Å²) in [6.07, 6.45) is 1.40. The normalized spacial score (nSPS) is 10.6. The number of hydrogen-bond acceptors (Lipinski definition) is 4. The molecule has 0 fully saturated rings. The van der Waals surface area contributed by atoms with Gasteiger partial charge in [0.2, 0.25) is 0 Å². The Morgan fingerprint density at radius 1 is 1.50 bits per heavy atom. The fourth-order valence-electron chi connectivity index (χ4n) is 1.37. The average molecular weight is 246 g/mol. The number of benzene rings is 1. The standard InChI is InChI=1S/C13H14N2O3/c1-3-18-11-5-4-9(7-12(11)17-2)6-10(8-14)13(15)16/h4-7H,3H2,1-2H3,(H2,15,16). The highest BCUT2D eigenvalue weighted by molar-refractivity contribution is 6.00. The lowest BCUT2D eigenvalue weighted by atomic mass is 10.1. The number of rotatable bonds is 5. The number of carbonyl (C=O) groups excluding carboxylic acids is 1. The first-order chi connectivity index (χ1) is 8.62. The van der Waals surface area contributed by atoms with E-state index in [1.54, 1.807) is 24.3 Å². The van der Waals surface area contributed by atoms with Crippen molar-refractivity contribution in [2.24, 2.45) is 5.73 Å². The molecule has 0 aromatic heterocycles. The van der Waals surface area contributed by atoms with Gasteiger partial charge in [-0.15, -0.1) is 0 Å². The van der Waals surface area contributed by atoms with E-state index >= 15 is 0 Å². The maximum absolute atomic E-state index is 10.9. The minimum Gasteiger partial charge on any atom is -0.493 e. The third-order valence-corrected chi connectivity index (χ3v) is 2.18. The second-order valence-corrected chi connectivity index (χ2v) is 3.38. The molecule has 0 saturated carbocycles. The van der Waals surface area contributed by atoms with Crippen LogP contribution in [0.15, 0.2) is 23.8 Å². The quantitative estimate of drug-likeness (QED) is 0.630. The Hall–Kier alpha value is -2.48. The third-order valence-electron chi connectivity index (χ3n) is 2.18. The second-order valence-electron chi connectivity index (χ2n) is 3.38. The van der Waals surface area contributed by atoms with Crippen LogP contribution in [0.4, 0.5) is 0 Å². The van der Waals surface area contributed by atoms with Crippen molar-refractivity contribution in [1.82, 2.24) is 0 Å². The molecule has 0 heterocycles. The van der Waals surface area contributed by atoms with Gasteiger partial charge in [-0.25, -0.2) is 0 Å². The molecule has 1 rings (SSSR count). The number of nitrogens with zero attached hydrogens (tertiary/aromatic N) is 1. The molecule has 2 N–H and O–H groups in total. The number of nitrogens with two attached hydrogens (primary N) is 1. The van der Waals surface area contributed by atoms with Crippen LogP contribution in [0.2, 0.25) is 0 Å². The van der Waals surface area contributed by atoms with Crippen LogP contribution in [-0.2, 0) is 4.79 Å². The number of amides is 1. The molecule has 1 aromatic rings. The molecule has 1 aromatic carbocycles. The summed E-state index contributed by atoms with van der Waals surface area (Å²) in [7, 11) is 1.52. The Balaban J connectivity index is 3.13. The molecule has 0 aliphatic heterocycles. The SMILES string of the molecule is CCOc1ccc(C=C(C#N)C(N)=O)cc1OC. The van der Waals surface area contributed by atoms with Crippen molar-refractivity contribution in [2.45, 2.75) is 6.92 Å². The van der Waals surface area contributed by atoms with Crippen LogP contribution >= 0.6 is 0 Å². The molecule has 94 valence electrons. The lowest BCUT2D eigenvalue weighted by molar-refractivity contribution is -0.114. The Morgan fingerprint density at radius 2 is 2.22 bits per heavy atom. The van der Waals surface area contributed by atoms with Crippen LogP contribution in [0.5, 0.6) is 11.5 Å². The highest BCUT2D eigenvalue weighted by atomic mass is 16.5. The zero-order valence-corrected chi connectivity index (χ0v) is 10.3. The molecule has 0 spiro atoms. The summed E-state index contributed by atoms with van der Waals surface area (Å²) in [5, 5.41) is 8.75. The van der Waals surface area contributed by atoms with E-state index in [4.69, 9.17) is 20.5 Å². The zero-order chi connectivity index (χ0) is 13.5. The molecular weight excluding hydrogens is 232 g/mol. The van der Waals surface area contributed by atoms with Gasteiger partial charge in [0.05, 0.1) is 13.7 Å². The second kappa shape index (κ2) is 6.30. The summed E-state index contributed by atoms with van der Waals surface area (Å²) in [4.78, 5) is 10.9. The van der Waals surface area contributed by atoms with Crippen molar-refractivity contribution in [3.05, 3.63) is 29.3 Å². The summed E-state index contributed by atoms with van der Waals surface area (Å²) >= 11 is 0. The van der Waals surface area contributed by atoms with Gasteiger partial charge in [0.15, 0.2) is 11.5 Å². The predicted octanol–water partition coefficient (Wildman–Crippen LogP) is 1.49. The van der Waals surface area contributed by atoms with E-state index in [-0.39, 0.29) is 5.57 Å². The topological polar surface area (TPSA) is 85.3 Å². The Morgan fingerprint density at radius 3 is 2.72 bits per heavy atom. The molecular formula is C13H14N2O3. The molecule has 1 amide bonds. The van der Waals surface area contributed by atoms with Crippen molar-refractivity contribution in [3.63, 3.8) is 0 Å². The minimum absolute atomic E-state index is 0.110. The highest BCUT2D eigenvalue weighted by Gasteiger charge is 2.07. The monoisotopic (exact) mass is 246 g/mol. The van der Waals surface area contributed by atoms with Crippen molar-refractivity contribution < 1.29 is 14.3 Å². The largest absolute Gasteiger partial charge is 0.493 e. The van der Waals surface area contributed by atoms with Gasteiger partial charge in [-0.2, -0.15) is 5.26 Å². The van der Waals surface area contributed by atoms with Crippen LogP contribution in [0.3, 0.4) is 0 Å². The van der Waals surface area contributed by atoms with E-state index in [1.807, 2.05) is 6.92 Å². The minimum atomic E-state index is -0.759. The van der Waals surface area contributed by atoms with Crippen LogP contribution in [0.25, 0.3) is 6.08 Å². The fraction of sp³-hybridized carbons (Fsp3) is 0.231. The Kier molecular flexibility index (Phi) is 4.76. The van der Waals surface area contributed by atoms with E-state index in [0.717, 1.165) is 0 Å². The molecule has 0 aliphatic rings. The van der Waals surface area contributed by atoms with Crippen LogP contribution in [-0.4, -0.2) is 19.6 Å². The average Bonchev–Trinajstić information content (AvgIpc) is 2.37. The lowest BCUT2D eigenvalue weighted by Gasteiger charge is -2.09. The van der Waals surface area contributed by atoms with Crippen molar-refractivity contribution in [1.29, 1.82) is 5.26 Å². The summed E-state index contributed by atoms with van der Waals surface area (Å²) in [6, 6.07) is 6.84. The molecule has 5 nitrogen and oxygen atoms in total. The number of primary amides is 1. The molecule has 18 heavy (non-hydrogen) atoms. The maximum Gasteiger partial charge on any atom is 0.259 e. The molecule has 0 radical (unpaired) electrons. The van der Waals surface area contributed by atoms with Gasteiger partial charge in [0, 0.05) is 0 Å². The van der Waals surface area contributed by atoms with Crippen molar-refractivity contribution >= 4 is 12.0 Å². The van der Waals surface area contributed by atoms with Gasteiger partial charge in [-0.1, -0.05) is 6.07 Å². The molecule has 0 unspecified atom stereocenters. The summed E-state index contributed by atoms with van der Waals surface area (Å²) in [5.41, 5.74) is 5.59. The zero-order valence-electron chi connectivity index (χ0n) is 10.3. The van der Waals surface area contributed by atoms with Crippen molar-refractivity contribution in [3.8, 4) is 17.6 Å². The number of methoxy groups -OCH3 is 1. The number of hydrogen-bond donors (Lipinski definition) is 1. The smallest absolute Gasteiger partial charge is 0.259 e. The van der Waals surface area contributed by atoms with E-state index in [9.17, 15) is 4.79 Å². The number of carbonyl (C=O) groups is 1. The van der Waals surface area contributed by atoms with Crippen LogP contribution in [0.1, 0.15) is 12.5 Å². The van der Waals surface area contributed by atoms with Gasteiger partial charge >= 0.3 is 0 Å². The van der Waals surface area contributed by atoms with E-state index < -0.39 is 5.91 Å². The van der Waals surface area contributed by atoms with Gasteiger partial charge in [-0.05, 0) is 30.7 Å². The van der Waals surface area contributed by atoms with E-state index in [2.05, 4.69) is 0 Å². The van der Waals surface area contributed by atoms with E-state index in [0.29, 0.717) is 23.7 Å². The van der Waals surface area contributed by atoms with Gasteiger partial charge < -0.3 is 15.2 Å². The molecule has 5 heteroatoms. The Bertz CT molecular complexity index is 515. The van der Waals surface area contributed by atoms with Gasteiger partial charge in [0.1, 0.15) is 11.6 Å². The highest BCUT2D eigenvalue weighted by Crippen LogP contribution is 2.28. The molecule has 0 atom stereocenters. The Labute approximate surface area is 105 Å². The molecule has 0 saturated heterocycles. The predicted molar refractivity (Wildman–Crippen MR) is 66.9 cm³/mol. The third kappa shape index (κ3) is 3.25. The van der Waals surface area contributed by atoms with Crippen LogP contribution < -0.4 is 15.2 Å². The number of nitriles is 1. The summed E-state index contributed by atoms with van der Waals surface area (Å²) < 4.78 is 10.5. The first-order valence-corrected chi connectivity index (χ1v) is 5.34. The number of ether oxygens (including phenoxy) is 2. The van der Waals surface area contributed by atoms with Crippen LogP contribution in [0, 0.1) is 11.3 Å². The van der Waals surface area contributed by atoms with E-state index in [1.165, 1.54) is 13.2 Å². The van der Waals surface area contributed by atoms with Gasteiger partial charge in [0.25, 0.3) is 5.91 Å². The first kappa shape index (κ1) is 13.6. The fourth-order valence-corrected chi connectivity index (χ4v) is 1.37.